The lowest BCUT2D eigenvalue weighted by atomic mass is 10.1. The summed E-state index contributed by atoms with van der Waals surface area (Å²) in [5.74, 6) is -1.52. The van der Waals surface area contributed by atoms with E-state index in [9.17, 15) is 14.4 Å². The molecule has 1 heterocycles. The second-order valence-corrected chi connectivity index (χ2v) is 5.81. The maximum Gasteiger partial charge on any atom is 0.341 e. The molecule has 0 saturated heterocycles. The van der Waals surface area contributed by atoms with Gasteiger partial charge in [-0.25, -0.2) is 4.79 Å². The first kappa shape index (κ1) is 16.7. The zero-order valence-electron chi connectivity index (χ0n) is 13.4. The van der Waals surface area contributed by atoms with Gasteiger partial charge in [0.25, 0.3) is 5.56 Å². The third-order valence-corrected chi connectivity index (χ3v) is 3.71. The van der Waals surface area contributed by atoms with Gasteiger partial charge in [-0.3, -0.25) is 9.59 Å². The molecule has 5 nitrogen and oxygen atoms in total. The standard InChI is InChI=1S/C18H19NO4/c1-11(2)15-9-8-14(18(22)23)17(21)19(15)10-16(20)13-6-4-12(3)5-7-13/h4-9,11H,10H2,1-3H3,(H,22,23). The van der Waals surface area contributed by atoms with Crippen molar-refractivity contribution in [3.8, 4) is 0 Å². The van der Waals surface area contributed by atoms with Crippen LogP contribution in [0.25, 0.3) is 0 Å². The molecule has 0 aliphatic carbocycles. The van der Waals surface area contributed by atoms with Crippen LogP contribution in [0.2, 0.25) is 0 Å². The van der Waals surface area contributed by atoms with Gasteiger partial charge in [-0.05, 0) is 25.0 Å². The topological polar surface area (TPSA) is 76.4 Å². The molecule has 5 heteroatoms. The molecule has 0 saturated carbocycles. The average Bonchev–Trinajstić information content (AvgIpc) is 2.49. The van der Waals surface area contributed by atoms with E-state index in [1.165, 1.54) is 10.6 Å². The molecule has 0 amide bonds. The van der Waals surface area contributed by atoms with Gasteiger partial charge < -0.3 is 9.67 Å². The first-order valence-electron chi connectivity index (χ1n) is 7.38. The molecule has 23 heavy (non-hydrogen) atoms. The van der Waals surface area contributed by atoms with Crippen molar-refractivity contribution in [2.45, 2.75) is 33.2 Å². The summed E-state index contributed by atoms with van der Waals surface area (Å²) in [7, 11) is 0. The second-order valence-electron chi connectivity index (χ2n) is 5.81. The molecule has 0 fully saturated rings. The van der Waals surface area contributed by atoms with Crippen molar-refractivity contribution in [2.75, 3.05) is 0 Å². The molecule has 0 atom stereocenters. The fourth-order valence-electron chi connectivity index (χ4n) is 2.40. The zero-order chi connectivity index (χ0) is 17.1. The summed E-state index contributed by atoms with van der Waals surface area (Å²) in [4.78, 5) is 36.0. The molecule has 0 aliphatic heterocycles. The summed E-state index contributed by atoms with van der Waals surface area (Å²) < 4.78 is 1.26. The number of nitrogens with zero attached hydrogens (tertiary/aromatic N) is 1. The van der Waals surface area contributed by atoms with E-state index < -0.39 is 11.5 Å². The van der Waals surface area contributed by atoms with Crippen molar-refractivity contribution >= 4 is 11.8 Å². The summed E-state index contributed by atoms with van der Waals surface area (Å²) in [6.45, 7) is 5.53. The number of carboxylic acid groups (broad SMARTS) is 1. The van der Waals surface area contributed by atoms with Gasteiger partial charge in [-0.15, -0.1) is 0 Å². The highest BCUT2D eigenvalue weighted by molar-refractivity contribution is 5.96. The van der Waals surface area contributed by atoms with Crippen molar-refractivity contribution in [3.05, 3.63) is 69.1 Å². The predicted octanol–water partition coefficient (Wildman–Crippen LogP) is 2.86. The third kappa shape index (κ3) is 3.56. The molecule has 0 unspecified atom stereocenters. The quantitative estimate of drug-likeness (QED) is 0.861. The number of pyridine rings is 1. The number of aryl methyl sites for hydroxylation is 1. The van der Waals surface area contributed by atoms with Gasteiger partial charge >= 0.3 is 5.97 Å². The summed E-state index contributed by atoms with van der Waals surface area (Å²) in [6.07, 6.45) is 0. The molecule has 1 N–H and O–H groups in total. The minimum Gasteiger partial charge on any atom is -0.477 e. The number of carbonyl (C=O) groups is 2. The van der Waals surface area contributed by atoms with Gasteiger partial charge in [0, 0.05) is 11.3 Å². The van der Waals surface area contributed by atoms with E-state index in [0.717, 1.165) is 5.56 Å². The highest BCUT2D eigenvalue weighted by atomic mass is 16.4. The van der Waals surface area contributed by atoms with Crippen LogP contribution in [0, 0.1) is 6.92 Å². The van der Waals surface area contributed by atoms with Gasteiger partial charge in [0.05, 0.1) is 6.54 Å². The van der Waals surface area contributed by atoms with Crippen molar-refractivity contribution in [3.63, 3.8) is 0 Å². The van der Waals surface area contributed by atoms with Crippen LogP contribution in [0.3, 0.4) is 0 Å². The molecule has 120 valence electrons. The number of aromatic carboxylic acids is 1. The lowest BCUT2D eigenvalue weighted by molar-refractivity contribution is 0.0693. The number of benzene rings is 1. The minimum atomic E-state index is -1.29. The Morgan fingerprint density at radius 1 is 1.09 bits per heavy atom. The second kappa shape index (κ2) is 6.60. The average molecular weight is 313 g/mol. The Morgan fingerprint density at radius 2 is 1.70 bits per heavy atom. The number of carboxylic acids is 1. The number of carbonyl (C=O) groups excluding carboxylic acids is 1. The summed E-state index contributed by atoms with van der Waals surface area (Å²) >= 11 is 0. The maximum absolute atomic E-state index is 12.4. The molecule has 1 aromatic carbocycles. The van der Waals surface area contributed by atoms with E-state index in [2.05, 4.69) is 0 Å². The molecule has 2 rings (SSSR count). The Bertz CT molecular complexity index is 801. The van der Waals surface area contributed by atoms with Gasteiger partial charge in [0.2, 0.25) is 0 Å². The van der Waals surface area contributed by atoms with Crippen molar-refractivity contribution < 1.29 is 14.7 Å². The van der Waals surface area contributed by atoms with Gasteiger partial charge in [0.15, 0.2) is 5.78 Å². The monoisotopic (exact) mass is 313 g/mol. The Hall–Kier alpha value is -2.69. The fraction of sp³-hybridized carbons (Fsp3) is 0.278. The van der Waals surface area contributed by atoms with E-state index in [0.29, 0.717) is 11.3 Å². The van der Waals surface area contributed by atoms with Crippen LogP contribution in [0.1, 0.15) is 51.7 Å². The van der Waals surface area contributed by atoms with E-state index in [-0.39, 0.29) is 23.8 Å². The molecule has 0 bridgehead atoms. The van der Waals surface area contributed by atoms with E-state index in [1.54, 1.807) is 18.2 Å². The molecule has 1 aromatic heterocycles. The van der Waals surface area contributed by atoms with Crippen LogP contribution in [0.5, 0.6) is 0 Å². The van der Waals surface area contributed by atoms with Crippen LogP contribution in [0.15, 0.2) is 41.2 Å². The molecule has 2 aromatic rings. The highest BCUT2D eigenvalue weighted by Gasteiger charge is 2.18. The van der Waals surface area contributed by atoms with Crippen LogP contribution >= 0.6 is 0 Å². The Balaban J connectivity index is 2.46. The van der Waals surface area contributed by atoms with Crippen LogP contribution in [-0.2, 0) is 6.54 Å². The van der Waals surface area contributed by atoms with Gasteiger partial charge in [-0.2, -0.15) is 0 Å². The molecular weight excluding hydrogens is 294 g/mol. The first-order chi connectivity index (χ1) is 10.8. The Kier molecular flexibility index (Phi) is 4.79. The van der Waals surface area contributed by atoms with Crippen molar-refractivity contribution in [1.82, 2.24) is 4.57 Å². The largest absolute Gasteiger partial charge is 0.477 e. The summed E-state index contributed by atoms with van der Waals surface area (Å²) in [5, 5.41) is 9.10. The first-order valence-corrected chi connectivity index (χ1v) is 7.38. The normalized spacial score (nSPS) is 10.8. The number of ketones is 1. The van der Waals surface area contributed by atoms with Crippen molar-refractivity contribution in [1.29, 1.82) is 0 Å². The van der Waals surface area contributed by atoms with E-state index in [1.807, 2.05) is 32.9 Å². The lowest BCUT2D eigenvalue weighted by Crippen LogP contribution is -2.31. The molecular formula is C18H19NO4. The fourth-order valence-corrected chi connectivity index (χ4v) is 2.40. The van der Waals surface area contributed by atoms with E-state index in [4.69, 9.17) is 5.11 Å². The smallest absolute Gasteiger partial charge is 0.341 e. The maximum atomic E-state index is 12.4. The van der Waals surface area contributed by atoms with Crippen LogP contribution in [0.4, 0.5) is 0 Å². The summed E-state index contributed by atoms with van der Waals surface area (Å²) in [5.41, 5.74) is 1.20. The number of hydrogen-bond acceptors (Lipinski definition) is 3. The van der Waals surface area contributed by atoms with Crippen LogP contribution in [-0.4, -0.2) is 21.4 Å². The Morgan fingerprint density at radius 3 is 2.22 bits per heavy atom. The van der Waals surface area contributed by atoms with Crippen molar-refractivity contribution in [2.24, 2.45) is 0 Å². The summed E-state index contributed by atoms with van der Waals surface area (Å²) in [6, 6.07) is 9.96. The number of hydrogen-bond donors (Lipinski definition) is 1. The molecule has 0 spiro atoms. The predicted molar refractivity (Wildman–Crippen MR) is 87.3 cm³/mol. The highest BCUT2D eigenvalue weighted by Crippen LogP contribution is 2.14. The Labute approximate surface area is 134 Å². The number of Topliss-reactive ketones (excluding diaryl/α,β-unsaturated/α-hetero) is 1. The lowest BCUT2D eigenvalue weighted by Gasteiger charge is -2.16. The number of rotatable bonds is 5. The van der Waals surface area contributed by atoms with E-state index >= 15 is 0 Å². The van der Waals surface area contributed by atoms with Gasteiger partial charge in [-0.1, -0.05) is 43.7 Å². The zero-order valence-corrected chi connectivity index (χ0v) is 13.4. The number of aromatic nitrogens is 1. The third-order valence-electron chi connectivity index (χ3n) is 3.71. The van der Waals surface area contributed by atoms with Crippen LogP contribution < -0.4 is 5.56 Å². The van der Waals surface area contributed by atoms with Gasteiger partial charge in [0.1, 0.15) is 5.56 Å². The SMILES string of the molecule is Cc1ccc(C(=O)Cn2c(C(C)C)ccc(C(=O)O)c2=O)cc1. The minimum absolute atomic E-state index is 0.00337. The molecule has 0 aliphatic rings. The molecule has 0 radical (unpaired) electrons.